The number of phosphoric acid groups is 2. The van der Waals surface area contributed by atoms with Crippen molar-refractivity contribution < 1.29 is 51.6 Å². The molecule has 0 amide bonds. The minimum atomic E-state index is -4.93. The number of aliphatic hydroxyl groups is 1. The highest BCUT2D eigenvalue weighted by molar-refractivity contribution is 7.47. The van der Waals surface area contributed by atoms with Gasteiger partial charge in [0.2, 0.25) is 5.95 Å². The van der Waals surface area contributed by atoms with Gasteiger partial charge in [-0.25, -0.2) is 29.1 Å². The van der Waals surface area contributed by atoms with Crippen LogP contribution in [0.3, 0.4) is 0 Å². The number of fused-ring (bicyclic) bond motifs is 4. The zero-order valence-corrected chi connectivity index (χ0v) is 25.5. The first-order chi connectivity index (χ1) is 21.9. The molecule has 0 spiro atoms. The summed E-state index contributed by atoms with van der Waals surface area (Å²) < 4.78 is 62.5. The van der Waals surface area contributed by atoms with E-state index >= 15 is 0 Å². The molecular weight excluding hydrogens is 658 g/mol. The highest BCUT2D eigenvalue weighted by Crippen LogP contribution is 2.55. The number of nitrogen functional groups attached to an aromatic ring is 2. The fraction of sp³-hybridized carbons (Fsp3) is 0.545. The van der Waals surface area contributed by atoms with E-state index in [0.29, 0.717) is 0 Å². The second-order valence-corrected chi connectivity index (χ2v) is 13.7. The second kappa shape index (κ2) is 11.4. The number of nitrogens with zero attached hydrogens (tertiary/aromatic N) is 7. The number of anilines is 2. The van der Waals surface area contributed by atoms with Gasteiger partial charge in [-0.1, -0.05) is 0 Å². The van der Waals surface area contributed by atoms with Crippen LogP contribution in [0.1, 0.15) is 18.7 Å². The number of hydrogen-bond acceptors (Lipinski definition) is 17. The summed E-state index contributed by atoms with van der Waals surface area (Å²) in [5, 5.41) is 11.3. The van der Waals surface area contributed by atoms with Crippen molar-refractivity contribution in [2.24, 2.45) is 5.92 Å². The monoisotopic (exact) mass is 686 g/mol. The van der Waals surface area contributed by atoms with Crippen molar-refractivity contribution in [3.05, 3.63) is 29.3 Å². The van der Waals surface area contributed by atoms with Crippen molar-refractivity contribution in [3.8, 4) is 0 Å². The number of rotatable bonds is 3. The van der Waals surface area contributed by atoms with E-state index < -0.39 is 83.1 Å². The summed E-state index contributed by atoms with van der Waals surface area (Å²) in [6, 6.07) is -0.830. The number of imidazole rings is 2. The molecule has 22 nitrogen and oxygen atoms in total. The highest BCUT2D eigenvalue weighted by atomic mass is 31.2. The summed E-state index contributed by atoms with van der Waals surface area (Å²) in [6.07, 6.45) is -4.18. The Bertz CT molecular complexity index is 1950. The van der Waals surface area contributed by atoms with Gasteiger partial charge in [0.05, 0.1) is 31.9 Å². The van der Waals surface area contributed by atoms with Gasteiger partial charge in [-0.15, -0.1) is 0 Å². The van der Waals surface area contributed by atoms with Crippen LogP contribution in [0.15, 0.2) is 23.8 Å². The van der Waals surface area contributed by atoms with Crippen molar-refractivity contribution in [2.75, 3.05) is 31.8 Å². The smallest absolute Gasteiger partial charge is 0.388 e. The van der Waals surface area contributed by atoms with E-state index in [0.717, 1.165) is 0 Å². The lowest BCUT2D eigenvalue weighted by Gasteiger charge is -2.29. The second-order valence-electron chi connectivity index (χ2n) is 10.8. The first-order valence-corrected chi connectivity index (χ1v) is 16.7. The van der Waals surface area contributed by atoms with Gasteiger partial charge in [0.15, 0.2) is 28.9 Å². The average Bonchev–Trinajstić information content (AvgIpc) is 3.75. The molecule has 6 heterocycles. The van der Waals surface area contributed by atoms with Gasteiger partial charge < -0.3 is 40.4 Å². The van der Waals surface area contributed by atoms with Gasteiger partial charge in [-0.3, -0.25) is 32.4 Å². The number of phosphoric ester groups is 2. The zero-order chi connectivity index (χ0) is 32.5. The number of aromatic nitrogens is 8. The Balaban J connectivity index is 1.18. The van der Waals surface area contributed by atoms with Crippen LogP contribution in [0.5, 0.6) is 0 Å². The molecule has 3 aliphatic rings. The van der Waals surface area contributed by atoms with E-state index in [1.807, 2.05) is 0 Å². The number of ether oxygens (including phenoxy) is 2. The van der Waals surface area contributed by atoms with Gasteiger partial charge in [0, 0.05) is 13.0 Å². The number of nitrogens with one attached hydrogen (secondary N) is 1. The van der Waals surface area contributed by atoms with Crippen LogP contribution >= 0.6 is 15.6 Å². The molecule has 24 heteroatoms. The van der Waals surface area contributed by atoms with Crippen molar-refractivity contribution >= 4 is 49.7 Å². The van der Waals surface area contributed by atoms with Crippen LogP contribution in [0.25, 0.3) is 22.3 Å². The maximum Gasteiger partial charge on any atom is 0.472 e. The first-order valence-electron chi connectivity index (χ1n) is 13.7. The molecule has 10 atom stereocenters. The summed E-state index contributed by atoms with van der Waals surface area (Å²) in [7, 11) is -8.58. The molecule has 7 rings (SSSR count). The van der Waals surface area contributed by atoms with E-state index in [1.165, 1.54) is 35.2 Å². The fourth-order valence-electron chi connectivity index (χ4n) is 6.08. The molecule has 248 valence electrons. The Morgan fingerprint density at radius 2 is 1.67 bits per heavy atom. The Morgan fingerprint density at radius 3 is 2.43 bits per heavy atom. The molecule has 2 aliphatic heterocycles. The predicted octanol–water partition coefficient (Wildman–Crippen LogP) is -1.02. The minimum absolute atomic E-state index is 0.00214. The topological polar surface area (TPSA) is 309 Å². The van der Waals surface area contributed by atoms with Crippen molar-refractivity contribution in [3.63, 3.8) is 0 Å². The lowest BCUT2D eigenvalue weighted by atomic mass is 10.1. The fourth-order valence-corrected chi connectivity index (χ4v) is 8.09. The molecule has 46 heavy (non-hydrogen) atoms. The van der Waals surface area contributed by atoms with Gasteiger partial charge in [-0.2, -0.15) is 4.98 Å². The van der Waals surface area contributed by atoms with Crippen LogP contribution in [-0.2, 0) is 36.7 Å². The Kier molecular flexibility index (Phi) is 7.73. The molecule has 1 saturated carbocycles. The molecule has 8 N–H and O–H groups in total. The van der Waals surface area contributed by atoms with Crippen LogP contribution < -0.4 is 17.0 Å². The van der Waals surface area contributed by atoms with Crippen LogP contribution in [0.4, 0.5) is 11.8 Å². The van der Waals surface area contributed by atoms with E-state index in [4.69, 9.17) is 39.0 Å². The molecule has 1 aliphatic carbocycles. The molecule has 0 aromatic carbocycles. The molecule has 0 bridgehead atoms. The first kappa shape index (κ1) is 31.2. The maximum atomic E-state index is 13.3. The van der Waals surface area contributed by atoms with Gasteiger partial charge >= 0.3 is 15.6 Å². The van der Waals surface area contributed by atoms with Crippen molar-refractivity contribution in [1.82, 2.24) is 39.0 Å². The van der Waals surface area contributed by atoms with Crippen molar-refractivity contribution in [2.45, 2.75) is 49.2 Å². The Hall–Kier alpha value is -3.40. The quantitative estimate of drug-likeness (QED) is 0.140. The molecule has 4 aromatic rings. The summed E-state index contributed by atoms with van der Waals surface area (Å²) in [5.74, 6) is -1.02. The SMILES string of the molecule is CO[C@H]1C2OP(=O)(O)OC[C@H]3C[C@@H](n4cnc5c(N)ncnc54)C(O)[C@H]3OP(=O)(O)OC[C@H]2O[C@H]1n1cnc2c(=O)[nH]c(N)nc21. The number of hydrogen-bond donors (Lipinski definition) is 6. The largest absolute Gasteiger partial charge is 0.472 e. The number of H-pyrrole nitrogens is 1. The summed E-state index contributed by atoms with van der Waals surface area (Å²) in [6.45, 7) is -1.26. The molecule has 4 unspecified atom stereocenters. The number of nitrogens with two attached hydrogens (primary N) is 2. The number of aliphatic hydroxyl groups excluding tert-OH is 1. The third-order valence-electron chi connectivity index (χ3n) is 8.13. The Labute approximate surface area is 256 Å². The lowest BCUT2D eigenvalue weighted by molar-refractivity contribution is -0.0632. The van der Waals surface area contributed by atoms with Crippen LogP contribution in [0, 0.1) is 5.92 Å². The minimum Gasteiger partial charge on any atom is -0.388 e. The molecule has 2 saturated heterocycles. The number of methoxy groups -OCH3 is 1. The van der Waals surface area contributed by atoms with E-state index in [-0.39, 0.29) is 40.5 Å². The van der Waals surface area contributed by atoms with E-state index in [9.17, 15) is 28.8 Å². The van der Waals surface area contributed by atoms with E-state index in [1.54, 1.807) is 0 Å². The molecule has 3 fully saturated rings. The van der Waals surface area contributed by atoms with Gasteiger partial charge in [0.1, 0.15) is 42.4 Å². The maximum absolute atomic E-state index is 13.3. The van der Waals surface area contributed by atoms with Crippen LogP contribution in [0.2, 0.25) is 0 Å². The predicted molar refractivity (Wildman–Crippen MR) is 151 cm³/mol. The highest BCUT2D eigenvalue weighted by Gasteiger charge is 2.54. The Morgan fingerprint density at radius 1 is 0.978 bits per heavy atom. The van der Waals surface area contributed by atoms with E-state index in [2.05, 4.69) is 29.9 Å². The molecular formula is C22H28N10O12P2. The third kappa shape index (κ3) is 5.40. The third-order valence-corrected chi connectivity index (χ3v) is 10.1. The number of aromatic amines is 1. The zero-order valence-electron chi connectivity index (χ0n) is 23.7. The van der Waals surface area contributed by atoms with Crippen LogP contribution in [-0.4, -0.2) is 105 Å². The molecule has 4 aromatic heterocycles. The lowest BCUT2D eigenvalue weighted by Crippen LogP contribution is -2.38. The van der Waals surface area contributed by atoms with Gasteiger partial charge in [-0.05, 0) is 6.42 Å². The standard InChI is InChI=1S/C22H28N10O12P2/c1-39-16-15-10(42-21(16)32-7-28-12-19(32)29-22(24)30-20(12)34)4-41-46(37,38)43-14-8(3-40-45(35,36)44-15)2-9(13(14)33)31-6-27-11-17(23)25-5-26-18(11)31/h5-10,13-16,21,33H,2-4H2,1H3,(H,35,36)(H,37,38)(H2,23,25,26)(H3,24,29,30,34)/t8-,9-,10-,13?,14+,15?,16+,21-/m1/s1. The summed E-state index contributed by atoms with van der Waals surface area (Å²) in [4.78, 5) is 56.6. The normalized spacial score (nSPS) is 37.1. The van der Waals surface area contributed by atoms with Gasteiger partial charge in [0.25, 0.3) is 5.56 Å². The molecule has 0 radical (unpaired) electrons. The summed E-state index contributed by atoms with van der Waals surface area (Å²) >= 11 is 0. The average molecular weight is 686 g/mol. The van der Waals surface area contributed by atoms with Crippen molar-refractivity contribution in [1.29, 1.82) is 0 Å². The summed E-state index contributed by atoms with van der Waals surface area (Å²) in [5.41, 5.74) is 11.4.